The summed E-state index contributed by atoms with van der Waals surface area (Å²) in [4.78, 5) is 24.1. The lowest BCUT2D eigenvalue weighted by Crippen LogP contribution is -2.21. The minimum absolute atomic E-state index is 0.135. The van der Waals surface area contributed by atoms with Gasteiger partial charge in [-0.05, 0) is 19.1 Å². The number of carbonyl (C=O) groups excluding carboxylic acids is 2. The number of amides is 1. The summed E-state index contributed by atoms with van der Waals surface area (Å²) in [5.74, 6) is -0.469. The average Bonchev–Trinajstić information content (AvgIpc) is 2.48. The Bertz CT molecular complexity index is 623. The van der Waals surface area contributed by atoms with Crippen LogP contribution in [0.1, 0.15) is 22.8 Å². The van der Waals surface area contributed by atoms with Gasteiger partial charge in [0.15, 0.2) is 5.78 Å². The van der Waals surface area contributed by atoms with Crippen molar-refractivity contribution in [1.29, 1.82) is 0 Å². The first-order chi connectivity index (χ1) is 9.59. The molecule has 2 aromatic rings. The van der Waals surface area contributed by atoms with Gasteiger partial charge in [-0.3, -0.25) is 9.59 Å². The zero-order chi connectivity index (χ0) is 14.5. The van der Waals surface area contributed by atoms with Gasteiger partial charge in [0, 0.05) is 11.1 Å². The van der Waals surface area contributed by atoms with Crippen LogP contribution in [0, 0.1) is 0 Å². The highest BCUT2D eigenvalue weighted by Gasteiger charge is 2.16. The third-order valence-electron chi connectivity index (χ3n) is 2.83. The van der Waals surface area contributed by atoms with E-state index in [-0.39, 0.29) is 11.7 Å². The highest BCUT2D eigenvalue weighted by Crippen LogP contribution is 2.19. The van der Waals surface area contributed by atoms with Crippen molar-refractivity contribution in [2.75, 3.05) is 5.32 Å². The molecule has 3 nitrogen and oxygen atoms in total. The molecule has 0 aliphatic heterocycles. The van der Waals surface area contributed by atoms with E-state index < -0.39 is 5.38 Å². The zero-order valence-electron chi connectivity index (χ0n) is 11.0. The van der Waals surface area contributed by atoms with Crippen LogP contribution in [-0.4, -0.2) is 17.1 Å². The Morgan fingerprint density at radius 3 is 2.25 bits per heavy atom. The van der Waals surface area contributed by atoms with Gasteiger partial charge in [0.2, 0.25) is 5.91 Å². The van der Waals surface area contributed by atoms with Crippen LogP contribution in [0.3, 0.4) is 0 Å². The Balaban J connectivity index is 2.33. The normalized spacial score (nSPS) is 11.7. The van der Waals surface area contributed by atoms with E-state index >= 15 is 0 Å². The molecule has 2 rings (SSSR count). The van der Waals surface area contributed by atoms with Gasteiger partial charge in [-0.1, -0.05) is 42.5 Å². The van der Waals surface area contributed by atoms with Gasteiger partial charge < -0.3 is 5.32 Å². The highest BCUT2D eigenvalue weighted by atomic mass is 35.5. The number of para-hydroxylation sites is 1. The predicted molar refractivity (Wildman–Crippen MR) is 80.3 cm³/mol. The lowest BCUT2D eigenvalue weighted by molar-refractivity contribution is -0.115. The molecule has 1 N–H and O–H groups in total. The van der Waals surface area contributed by atoms with Crippen molar-refractivity contribution in [2.45, 2.75) is 12.3 Å². The van der Waals surface area contributed by atoms with Crippen LogP contribution >= 0.6 is 11.6 Å². The number of halogens is 1. The SMILES string of the molecule is C[C@H](Cl)C(=O)Nc1ccccc1C(=O)c1ccccc1. The molecule has 0 radical (unpaired) electrons. The highest BCUT2D eigenvalue weighted by molar-refractivity contribution is 6.32. The molecule has 0 saturated heterocycles. The van der Waals surface area contributed by atoms with E-state index in [0.29, 0.717) is 16.8 Å². The first-order valence-electron chi connectivity index (χ1n) is 6.23. The Morgan fingerprint density at radius 1 is 1.00 bits per heavy atom. The molecule has 0 aromatic heterocycles. The van der Waals surface area contributed by atoms with E-state index in [4.69, 9.17) is 11.6 Å². The van der Waals surface area contributed by atoms with E-state index in [1.807, 2.05) is 6.07 Å². The monoisotopic (exact) mass is 287 g/mol. The summed E-state index contributed by atoms with van der Waals surface area (Å²) in [5.41, 5.74) is 1.50. The summed E-state index contributed by atoms with van der Waals surface area (Å²) in [6.45, 7) is 1.58. The predicted octanol–water partition coefficient (Wildman–Crippen LogP) is 3.48. The molecule has 1 atom stereocenters. The molecule has 0 aliphatic rings. The summed E-state index contributed by atoms with van der Waals surface area (Å²) in [5, 5.41) is 2.01. The van der Waals surface area contributed by atoms with Gasteiger partial charge in [0.1, 0.15) is 5.38 Å². The number of anilines is 1. The smallest absolute Gasteiger partial charge is 0.242 e. The second-order valence-electron chi connectivity index (χ2n) is 4.35. The van der Waals surface area contributed by atoms with Gasteiger partial charge >= 0.3 is 0 Å². The molecule has 0 bridgehead atoms. The van der Waals surface area contributed by atoms with Gasteiger partial charge in [-0.15, -0.1) is 11.6 Å². The lowest BCUT2D eigenvalue weighted by atomic mass is 10.0. The van der Waals surface area contributed by atoms with E-state index in [9.17, 15) is 9.59 Å². The molecule has 20 heavy (non-hydrogen) atoms. The van der Waals surface area contributed by atoms with Crippen LogP contribution in [-0.2, 0) is 4.79 Å². The van der Waals surface area contributed by atoms with Crippen LogP contribution in [0.25, 0.3) is 0 Å². The maximum absolute atomic E-state index is 12.4. The molecule has 0 aliphatic carbocycles. The van der Waals surface area contributed by atoms with Crippen molar-refractivity contribution >= 4 is 29.0 Å². The minimum Gasteiger partial charge on any atom is -0.324 e. The fourth-order valence-corrected chi connectivity index (χ4v) is 1.82. The number of nitrogens with one attached hydrogen (secondary N) is 1. The number of ketones is 1. The minimum atomic E-state index is -0.658. The van der Waals surface area contributed by atoms with Crippen molar-refractivity contribution in [3.63, 3.8) is 0 Å². The van der Waals surface area contributed by atoms with Crippen molar-refractivity contribution in [1.82, 2.24) is 0 Å². The quantitative estimate of drug-likeness (QED) is 0.691. The Morgan fingerprint density at radius 2 is 1.60 bits per heavy atom. The number of hydrogen-bond acceptors (Lipinski definition) is 2. The maximum Gasteiger partial charge on any atom is 0.242 e. The zero-order valence-corrected chi connectivity index (χ0v) is 11.7. The topological polar surface area (TPSA) is 46.2 Å². The number of benzene rings is 2. The molecule has 0 spiro atoms. The molecule has 4 heteroatoms. The lowest BCUT2D eigenvalue weighted by Gasteiger charge is -2.11. The first kappa shape index (κ1) is 14.3. The van der Waals surface area contributed by atoms with Crippen LogP contribution in [0.4, 0.5) is 5.69 Å². The third-order valence-corrected chi connectivity index (χ3v) is 3.03. The van der Waals surface area contributed by atoms with Crippen LogP contribution < -0.4 is 5.32 Å². The number of carbonyl (C=O) groups is 2. The fraction of sp³-hybridized carbons (Fsp3) is 0.125. The summed E-state index contributed by atoms with van der Waals surface area (Å²) in [6, 6.07) is 15.8. The summed E-state index contributed by atoms with van der Waals surface area (Å²) < 4.78 is 0. The van der Waals surface area contributed by atoms with Crippen molar-refractivity contribution in [3.05, 3.63) is 65.7 Å². The van der Waals surface area contributed by atoms with E-state index in [0.717, 1.165) is 0 Å². The largest absolute Gasteiger partial charge is 0.324 e. The molecular weight excluding hydrogens is 274 g/mol. The van der Waals surface area contributed by atoms with Crippen LogP contribution in [0.5, 0.6) is 0 Å². The van der Waals surface area contributed by atoms with Gasteiger partial charge in [0.05, 0.1) is 5.69 Å². The van der Waals surface area contributed by atoms with Crippen LogP contribution in [0.2, 0.25) is 0 Å². The molecule has 1 amide bonds. The fourth-order valence-electron chi connectivity index (χ4n) is 1.77. The second kappa shape index (κ2) is 6.35. The molecule has 2 aromatic carbocycles. The average molecular weight is 288 g/mol. The molecule has 0 unspecified atom stereocenters. The number of hydrogen-bond donors (Lipinski definition) is 1. The van der Waals surface area contributed by atoms with E-state index in [1.165, 1.54) is 0 Å². The van der Waals surface area contributed by atoms with Crippen LogP contribution in [0.15, 0.2) is 54.6 Å². The molecular formula is C16H14ClNO2. The van der Waals surface area contributed by atoms with E-state index in [2.05, 4.69) is 5.32 Å². The second-order valence-corrected chi connectivity index (χ2v) is 5.00. The molecule has 0 fully saturated rings. The summed E-state index contributed by atoms with van der Waals surface area (Å²) in [7, 11) is 0. The van der Waals surface area contributed by atoms with Crippen molar-refractivity contribution in [2.24, 2.45) is 0 Å². The Labute approximate surface area is 122 Å². The van der Waals surface area contributed by atoms with Gasteiger partial charge in [-0.25, -0.2) is 0 Å². The van der Waals surface area contributed by atoms with Gasteiger partial charge in [-0.2, -0.15) is 0 Å². The Kier molecular flexibility index (Phi) is 4.53. The standard InChI is InChI=1S/C16H14ClNO2/c1-11(17)16(20)18-14-10-6-5-9-13(14)15(19)12-7-3-2-4-8-12/h2-11H,1H3,(H,18,20)/t11-/m0/s1. The molecule has 0 saturated carbocycles. The summed E-state index contributed by atoms with van der Waals surface area (Å²) >= 11 is 5.73. The number of alkyl halides is 1. The Hall–Kier alpha value is -2.13. The number of rotatable bonds is 4. The van der Waals surface area contributed by atoms with Gasteiger partial charge in [0.25, 0.3) is 0 Å². The molecule has 0 heterocycles. The third kappa shape index (κ3) is 3.25. The first-order valence-corrected chi connectivity index (χ1v) is 6.67. The van der Waals surface area contributed by atoms with Crippen molar-refractivity contribution in [3.8, 4) is 0 Å². The molecule has 102 valence electrons. The summed E-state index contributed by atoms with van der Waals surface area (Å²) in [6.07, 6.45) is 0. The van der Waals surface area contributed by atoms with Crippen molar-refractivity contribution < 1.29 is 9.59 Å². The maximum atomic E-state index is 12.4. The van der Waals surface area contributed by atoms with E-state index in [1.54, 1.807) is 55.5 Å².